The fourth-order valence-electron chi connectivity index (χ4n) is 4.99. The molecule has 0 unspecified atom stereocenters. The number of likely N-dealkylation sites (tertiary alicyclic amines) is 1. The lowest BCUT2D eigenvalue weighted by molar-refractivity contribution is -0.144. The number of carbonyl (C=O) groups is 2. The van der Waals surface area contributed by atoms with Crippen molar-refractivity contribution in [3.63, 3.8) is 0 Å². The highest BCUT2D eigenvalue weighted by Crippen LogP contribution is 2.39. The van der Waals surface area contributed by atoms with Gasteiger partial charge in [-0.25, -0.2) is 0 Å². The van der Waals surface area contributed by atoms with E-state index in [1.165, 1.54) is 0 Å². The topological polar surface area (TPSA) is 59.1 Å². The summed E-state index contributed by atoms with van der Waals surface area (Å²) in [4.78, 5) is 29.3. The Hall–Kier alpha value is -2.24. The van der Waals surface area contributed by atoms with Crippen LogP contribution in [0.25, 0.3) is 0 Å². The summed E-state index contributed by atoms with van der Waals surface area (Å²) in [6.07, 6.45) is 3.89. The van der Waals surface area contributed by atoms with Crippen LogP contribution in [0.15, 0.2) is 18.2 Å². The van der Waals surface area contributed by atoms with E-state index in [4.69, 9.17) is 9.47 Å². The number of hydrogen-bond donors (Lipinski definition) is 0. The third-order valence-corrected chi connectivity index (χ3v) is 6.09. The molecular weight excluding hydrogens is 320 g/mol. The molecule has 3 saturated heterocycles. The molecule has 5 rings (SSSR count). The van der Waals surface area contributed by atoms with E-state index >= 15 is 0 Å². The number of piperidine rings is 3. The summed E-state index contributed by atoms with van der Waals surface area (Å²) < 4.78 is 10.7. The lowest BCUT2D eigenvalue weighted by atomic mass is 9.76. The van der Waals surface area contributed by atoms with Crippen LogP contribution in [0.3, 0.4) is 0 Å². The third-order valence-electron chi connectivity index (χ3n) is 6.09. The van der Waals surface area contributed by atoms with E-state index in [1.807, 2.05) is 17.0 Å². The monoisotopic (exact) mass is 342 g/mol. The van der Waals surface area contributed by atoms with Crippen LogP contribution in [0, 0.1) is 11.8 Å². The van der Waals surface area contributed by atoms with Gasteiger partial charge in [0.1, 0.15) is 0 Å². The molecule has 3 fully saturated rings. The number of nitrogens with zero attached hydrogens (tertiary/aromatic N) is 2. The SMILES string of the molecule is O=C(c1ccc2c(c1)OCO2)N1C[C@H]2C[C@H](C1)[C@H]1CCCC(=O)N1C2. The molecule has 132 valence electrons. The predicted molar refractivity (Wildman–Crippen MR) is 89.4 cm³/mol. The molecule has 0 saturated carbocycles. The van der Waals surface area contributed by atoms with Gasteiger partial charge >= 0.3 is 0 Å². The van der Waals surface area contributed by atoms with Gasteiger partial charge in [-0.05, 0) is 49.3 Å². The largest absolute Gasteiger partial charge is 0.454 e. The van der Waals surface area contributed by atoms with Crippen molar-refractivity contribution in [1.82, 2.24) is 9.80 Å². The molecular formula is C19H22N2O4. The predicted octanol–water partition coefficient (Wildman–Crippen LogP) is 1.89. The van der Waals surface area contributed by atoms with E-state index in [2.05, 4.69) is 4.90 Å². The van der Waals surface area contributed by atoms with E-state index in [9.17, 15) is 9.59 Å². The highest BCUT2D eigenvalue weighted by molar-refractivity contribution is 5.95. The van der Waals surface area contributed by atoms with Gasteiger partial charge in [0, 0.05) is 37.7 Å². The zero-order valence-electron chi connectivity index (χ0n) is 14.1. The molecule has 0 N–H and O–H groups in total. The van der Waals surface area contributed by atoms with Crippen molar-refractivity contribution >= 4 is 11.8 Å². The quantitative estimate of drug-likeness (QED) is 0.782. The smallest absolute Gasteiger partial charge is 0.254 e. The third kappa shape index (κ3) is 2.46. The van der Waals surface area contributed by atoms with Crippen molar-refractivity contribution < 1.29 is 19.1 Å². The van der Waals surface area contributed by atoms with Gasteiger partial charge in [0.15, 0.2) is 11.5 Å². The molecule has 1 aromatic rings. The molecule has 0 aromatic heterocycles. The van der Waals surface area contributed by atoms with Gasteiger partial charge in [-0.2, -0.15) is 0 Å². The Bertz CT molecular complexity index is 734. The molecule has 1 aromatic carbocycles. The molecule has 0 aliphatic carbocycles. The zero-order valence-corrected chi connectivity index (χ0v) is 14.1. The Labute approximate surface area is 146 Å². The minimum absolute atomic E-state index is 0.0589. The van der Waals surface area contributed by atoms with Crippen LogP contribution in [-0.2, 0) is 4.79 Å². The van der Waals surface area contributed by atoms with Gasteiger partial charge in [-0.1, -0.05) is 0 Å². The maximum Gasteiger partial charge on any atom is 0.254 e. The summed E-state index contributed by atoms with van der Waals surface area (Å²) in [5.41, 5.74) is 0.654. The summed E-state index contributed by atoms with van der Waals surface area (Å²) in [5.74, 6) is 2.52. The summed E-state index contributed by atoms with van der Waals surface area (Å²) in [6.45, 7) is 2.51. The molecule has 3 atom stereocenters. The van der Waals surface area contributed by atoms with Gasteiger partial charge in [0.2, 0.25) is 12.7 Å². The molecule has 0 radical (unpaired) electrons. The standard InChI is InChI=1S/C19H22N2O4/c22-18-3-1-2-15-14-6-12(9-21(15)18)8-20(10-14)19(23)13-4-5-16-17(7-13)25-11-24-16/h4-5,7,12,14-15H,1-3,6,8-11H2/t12-,14-,15-/m1/s1. The highest BCUT2D eigenvalue weighted by Gasteiger charge is 2.44. The normalized spacial score (nSPS) is 30.2. The van der Waals surface area contributed by atoms with E-state index in [1.54, 1.807) is 6.07 Å². The van der Waals surface area contributed by atoms with Gasteiger partial charge in [0.05, 0.1) is 0 Å². The van der Waals surface area contributed by atoms with Crippen molar-refractivity contribution in [1.29, 1.82) is 0 Å². The lowest BCUT2D eigenvalue weighted by Crippen LogP contribution is -2.61. The van der Waals surface area contributed by atoms with Crippen LogP contribution in [0.1, 0.15) is 36.0 Å². The van der Waals surface area contributed by atoms with Crippen LogP contribution in [0.4, 0.5) is 0 Å². The number of carbonyl (C=O) groups excluding carboxylic acids is 2. The van der Waals surface area contributed by atoms with Gasteiger partial charge < -0.3 is 19.3 Å². The molecule has 4 aliphatic heterocycles. The molecule has 2 bridgehead atoms. The molecule has 25 heavy (non-hydrogen) atoms. The Morgan fingerprint density at radius 3 is 2.92 bits per heavy atom. The maximum atomic E-state index is 13.0. The average Bonchev–Trinajstić information content (AvgIpc) is 3.09. The maximum absolute atomic E-state index is 13.0. The second-order valence-electron chi connectivity index (χ2n) is 7.65. The fourth-order valence-corrected chi connectivity index (χ4v) is 4.99. The minimum atomic E-state index is 0.0589. The molecule has 2 amide bonds. The Morgan fingerprint density at radius 1 is 1.12 bits per heavy atom. The van der Waals surface area contributed by atoms with Crippen LogP contribution in [0.2, 0.25) is 0 Å². The number of hydrogen-bond acceptors (Lipinski definition) is 4. The number of ether oxygens (including phenoxy) is 2. The highest BCUT2D eigenvalue weighted by atomic mass is 16.7. The number of rotatable bonds is 1. The summed E-state index contributed by atoms with van der Waals surface area (Å²) in [5, 5.41) is 0. The van der Waals surface area contributed by atoms with E-state index in [0.717, 1.165) is 38.9 Å². The lowest BCUT2D eigenvalue weighted by Gasteiger charge is -2.52. The van der Waals surface area contributed by atoms with Gasteiger partial charge in [-0.15, -0.1) is 0 Å². The average molecular weight is 342 g/mol. The van der Waals surface area contributed by atoms with Crippen molar-refractivity contribution in [2.75, 3.05) is 26.4 Å². The Kier molecular flexibility index (Phi) is 3.40. The first-order valence-corrected chi connectivity index (χ1v) is 9.17. The summed E-state index contributed by atoms with van der Waals surface area (Å²) in [7, 11) is 0. The van der Waals surface area contributed by atoms with Crippen LogP contribution in [-0.4, -0.2) is 54.1 Å². The Balaban J connectivity index is 1.36. The molecule has 6 heteroatoms. The van der Waals surface area contributed by atoms with Crippen molar-refractivity contribution in [3.05, 3.63) is 23.8 Å². The van der Waals surface area contributed by atoms with Crippen LogP contribution >= 0.6 is 0 Å². The second-order valence-corrected chi connectivity index (χ2v) is 7.65. The van der Waals surface area contributed by atoms with E-state index in [-0.39, 0.29) is 12.7 Å². The van der Waals surface area contributed by atoms with E-state index < -0.39 is 0 Å². The first-order chi connectivity index (χ1) is 12.2. The van der Waals surface area contributed by atoms with Crippen LogP contribution in [0.5, 0.6) is 11.5 Å². The second kappa shape index (κ2) is 5.64. The number of fused-ring (bicyclic) bond motifs is 5. The molecule has 6 nitrogen and oxygen atoms in total. The summed E-state index contributed by atoms with van der Waals surface area (Å²) in [6, 6.07) is 5.73. The van der Waals surface area contributed by atoms with Gasteiger partial charge in [0.25, 0.3) is 5.91 Å². The Morgan fingerprint density at radius 2 is 2.00 bits per heavy atom. The first kappa shape index (κ1) is 15.0. The molecule has 4 heterocycles. The zero-order chi connectivity index (χ0) is 17.0. The van der Waals surface area contributed by atoms with Crippen molar-refractivity contribution in [2.45, 2.75) is 31.7 Å². The van der Waals surface area contributed by atoms with Crippen molar-refractivity contribution in [3.8, 4) is 11.5 Å². The molecule has 4 aliphatic rings. The minimum Gasteiger partial charge on any atom is -0.454 e. The van der Waals surface area contributed by atoms with Crippen molar-refractivity contribution in [2.24, 2.45) is 11.8 Å². The van der Waals surface area contributed by atoms with Crippen LogP contribution < -0.4 is 9.47 Å². The number of benzene rings is 1. The van der Waals surface area contributed by atoms with E-state index in [0.29, 0.717) is 47.3 Å². The summed E-state index contributed by atoms with van der Waals surface area (Å²) >= 11 is 0. The fraction of sp³-hybridized carbons (Fsp3) is 0.579. The first-order valence-electron chi connectivity index (χ1n) is 9.17. The molecule has 0 spiro atoms. The number of amides is 2. The van der Waals surface area contributed by atoms with Gasteiger partial charge in [-0.3, -0.25) is 9.59 Å².